The molecule has 258 valence electrons. The summed E-state index contributed by atoms with van der Waals surface area (Å²) in [5.41, 5.74) is 11.6. The zero-order valence-corrected chi connectivity index (χ0v) is 29.5. The number of ether oxygens (including phenoxy) is 1. The zero-order valence-electron chi connectivity index (χ0n) is 27.8. The maximum Gasteiger partial charge on any atom is 0.355 e. The van der Waals surface area contributed by atoms with Gasteiger partial charge in [0.25, 0.3) is 5.91 Å². The first-order valence-corrected chi connectivity index (χ1v) is 19.3. The predicted octanol–water partition coefficient (Wildman–Crippen LogP) is 7.90. The first-order valence-electron chi connectivity index (χ1n) is 17.7. The number of hydrogen-bond acceptors (Lipinski definition) is 9. The van der Waals surface area contributed by atoms with Gasteiger partial charge in [-0.1, -0.05) is 54.2 Å². The summed E-state index contributed by atoms with van der Waals surface area (Å²) in [5, 5.41) is 14.2. The van der Waals surface area contributed by atoms with E-state index < -0.39 is 5.97 Å². The Morgan fingerprint density at radius 2 is 1.84 bits per heavy atom. The van der Waals surface area contributed by atoms with Crippen molar-refractivity contribution in [2.75, 3.05) is 23.4 Å². The van der Waals surface area contributed by atoms with Gasteiger partial charge in [0.1, 0.15) is 5.75 Å². The molecule has 0 radical (unpaired) electrons. The molecule has 0 saturated heterocycles. The Bertz CT molecular complexity index is 1990. The van der Waals surface area contributed by atoms with E-state index in [1.807, 2.05) is 36.4 Å². The number of amides is 1. The van der Waals surface area contributed by atoms with Crippen LogP contribution >= 0.6 is 22.7 Å². The van der Waals surface area contributed by atoms with Crippen LogP contribution in [0.1, 0.15) is 86.9 Å². The number of thiazole rings is 2. The summed E-state index contributed by atoms with van der Waals surface area (Å²) in [4.78, 5) is 37.7. The summed E-state index contributed by atoms with van der Waals surface area (Å²) in [6.45, 7) is 1.64. The monoisotopic (exact) mass is 707 g/mol. The van der Waals surface area contributed by atoms with Crippen LogP contribution in [-0.4, -0.2) is 46.1 Å². The summed E-state index contributed by atoms with van der Waals surface area (Å²) in [6, 6.07) is 22.5. The molecule has 3 heterocycles. The molecule has 3 aromatic carbocycles. The minimum atomic E-state index is -1.03. The van der Waals surface area contributed by atoms with Crippen LogP contribution in [0.4, 0.5) is 10.3 Å². The Morgan fingerprint density at radius 1 is 0.980 bits per heavy atom. The van der Waals surface area contributed by atoms with Crippen LogP contribution in [0.15, 0.2) is 66.7 Å². The zero-order chi connectivity index (χ0) is 34.2. The van der Waals surface area contributed by atoms with Gasteiger partial charge in [0.05, 0.1) is 16.8 Å². The van der Waals surface area contributed by atoms with Crippen LogP contribution in [0.5, 0.6) is 5.75 Å². The molecule has 1 amide bonds. The number of carboxylic acids is 1. The lowest BCUT2D eigenvalue weighted by molar-refractivity contribution is 0.0690. The number of carbonyl (C=O) groups excluding carboxylic acids is 1. The lowest BCUT2D eigenvalue weighted by Gasteiger charge is -2.45. The molecule has 8 rings (SSSR count). The molecule has 2 bridgehead atoms. The smallest absolute Gasteiger partial charge is 0.355 e. The van der Waals surface area contributed by atoms with E-state index in [0.717, 1.165) is 38.4 Å². The average Bonchev–Trinajstić information content (AvgIpc) is 3.74. The molecule has 1 aliphatic heterocycles. The number of nitrogens with one attached hydrogen (secondary N) is 1. The predicted molar refractivity (Wildman–Crippen MR) is 199 cm³/mol. The highest BCUT2D eigenvalue weighted by Crippen LogP contribution is 2.47. The van der Waals surface area contributed by atoms with Crippen molar-refractivity contribution in [2.45, 2.75) is 69.9 Å². The van der Waals surface area contributed by atoms with Crippen LogP contribution in [0, 0.1) is 11.8 Å². The number of aromatic nitrogens is 2. The van der Waals surface area contributed by atoms with Crippen LogP contribution in [0.3, 0.4) is 0 Å². The van der Waals surface area contributed by atoms with Gasteiger partial charge in [-0.05, 0) is 110 Å². The molecule has 4 atom stereocenters. The van der Waals surface area contributed by atoms with Crippen molar-refractivity contribution in [2.24, 2.45) is 17.6 Å². The van der Waals surface area contributed by atoms with Crippen LogP contribution < -0.4 is 20.7 Å². The Morgan fingerprint density at radius 3 is 2.68 bits per heavy atom. The quantitative estimate of drug-likeness (QED) is 0.125. The number of hydrogen-bond donors (Lipinski definition) is 3. The minimum Gasteiger partial charge on any atom is -0.494 e. The van der Waals surface area contributed by atoms with Gasteiger partial charge in [0.2, 0.25) is 0 Å². The number of nitrogens with zero attached hydrogens (tertiary/aromatic N) is 3. The minimum absolute atomic E-state index is 0.0951. The van der Waals surface area contributed by atoms with E-state index in [-0.39, 0.29) is 11.6 Å². The van der Waals surface area contributed by atoms with Crippen molar-refractivity contribution in [3.8, 4) is 5.75 Å². The molecule has 11 heteroatoms. The number of aromatic carboxylic acids is 1. The second kappa shape index (κ2) is 14.1. The summed E-state index contributed by atoms with van der Waals surface area (Å²) in [5.74, 6) is 1.41. The summed E-state index contributed by atoms with van der Waals surface area (Å²) < 4.78 is 7.10. The van der Waals surface area contributed by atoms with Gasteiger partial charge in [-0.3, -0.25) is 10.1 Å². The van der Waals surface area contributed by atoms with Gasteiger partial charge in [0, 0.05) is 29.6 Å². The first-order chi connectivity index (χ1) is 24.4. The van der Waals surface area contributed by atoms with E-state index in [9.17, 15) is 14.7 Å². The van der Waals surface area contributed by atoms with Crippen molar-refractivity contribution in [1.82, 2.24) is 9.97 Å². The highest BCUT2D eigenvalue weighted by atomic mass is 32.1. The Balaban J connectivity index is 0.897. The highest BCUT2D eigenvalue weighted by Gasteiger charge is 2.40. The molecule has 2 fully saturated rings. The van der Waals surface area contributed by atoms with E-state index in [2.05, 4.69) is 50.5 Å². The Kier molecular flexibility index (Phi) is 9.28. The topological polar surface area (TPSA) is 131 Å². The molecule has 5 aromatic rings. The number of carbonyl (C=O) groups is 2. The van der Waals surface area contributed by atoms with Crippen molar-refractivity contribution < 1.29 is 19.4 Å². The molecule has 2 aromatic heterocycles. The van der Waals surface area contributed by atoms with Gasteiger partial charge in [-0.2, -0.15) is 0 Å². The second-order valence-corrected chi connectivity index (χ2v) is 15.9. The Labute approximate surface area is 299 Å². The van der Waals surface area contributed by atoms with Gasteiger partial charge in [-0.25, -0.2) is 14.8 Å². The third-order valence-corrected chi connectivity index (χ3v) is 13.0. The van der Waals surface area contributed by atoms with E-state index >= 15 is 0 Å². The third-order valence-electron chi connectivity index (χ3n) is 10.8. The largest absolute Gasteiger partial charge is 0.494 e. The number of nitrogens with two attached hydrogens (primary N) is 1. The molecule has 2 aliphatic carbocycles. The molecule has 2 unspecified atom stereocenters. The van der Waals surface area contributed by atoms with Gasteiger partial charge in [0.15, 0.2) is 16.0 Å². The van der Waals surface area contributed by atoms with Crippen molar-refractivity contribution in [3.63, 3.8) is 0 Å². The fraction of sp³-hybridized carbons (Fsp3) is 0.385. The van der Waals surface area contributed by atoms with Gasteiger partial charge < -0.3 is 20.5 Å². The average molecular weight is 708 g/mol. The molecule has 4 N–H and O–H groups in total. The number of anilines is 2. The van der Waals surface area contributed by atoms with Gasteiger partial charge in [-0.15, -0.1) is 11.3 Å². The third kappa shape index (κ3) is 6.61. The van der Waals surface area contributed by atoms with Crippen molar-refractivity contribution in [3.05, 3.63) is 99.6 Å². The molecular formula is C39H41N5O4S2. The summed E-state index contributed by atoms with van der Waals surface area (Å²) >= 11 is 2.87. The molecule has 3 aliphatic rings. The second-order valence-electron chi connectivity index (χ2n) is 13.8. The highest BCUT2D eigenvalue weighted by molar-refractivity contribution is 7.22. The maximum atomic E-state index is 13.5. The van der Waals surface area contributed by atoms with Crippen molar-refractivity contribution in [1.29, 1.82) is 0 Å². The molecule has 50 heavy (non-hydrogen) atoms. The summed E-state index contributed by atoms with van der Waals surface area (Å²) in [6.07, 6.45) is 8.22. The van der Waals surface area contributed by atoms with Gasteiger partial charge >= 0.3 is 5.97 Å². The maximum absolute atomic E-state index is 13.5. The van der Waals surface area contributed by atoms with Crippen molar-refractivity contribution >= 4 is 55.0 Å². The van der Waals surface area contributed by atoms with Crippen LogP contribution in [0.25, 0.3) is 10.2 Å². The number of carboxylic acid groups (broad SMARTS) is 1. The van der Waals surface area contributed by atoms with E-state index in [1.165, 1.54) is 60.3 Å². The molecule has 9 nitrogen and oxygen atoms in total. The number of fused-ring (bicyclic) bond motifs is 4. The molecule has 2 saturated carbocycles. The number of benzene rings is 3. The first kappa shape index (κ1) is 32.9. The van der Waals surface area contributed by atoms with E-state index in [0.29, 0.717) is 72.2 Å². The molecule has 0 spiro atoms. The van der Waals surface area contributed by atoms with E-state index in [1.54, 1.807) is 0 Å². The molecular weight excluding hydrogens is 667 g/mol. The normalized spacial score (nSPS) is 21.5. The lowest BCUT2D eigenvalue weighted by Crippen LogP contribution is -2.46. The Hall–Kier alpha value is -4.32. The number of para-hydroxylation sites is 1. The lowest BCUT2D eigenvalue weighted by atomic mass is 9.62. The van der Waals surface area contributed by atoms with E-state index in [4.69, 9.17) is 10.5 Å². The number of rotatable bonds is 10. The van der Waals surface area contributed by atoms with Crippen LogP contribution in [0.2, 0.25) is 0 Å². The van der Waals surface area contributed by atoms with Crippen LogP contribution in [-0.2, 0) is 19.4 Å². The number of aryl methyl sites for hydroxylation is 1. The standard InChI is InChI=1S/C39H41N5O4S2/c40-34-25-7-4-8-28(34)27(18-15-25)24-13-16-26(17-14-24)48-21-5-12-33-35(37(46)47)42-39(50-33)44-20-19-23-6-3-9-29(30(23)22-44)36(45)43-38-41-31-10-1-2-11-32(31)49-38/h1-3,6,9-11,13-14,16-17,25,27-28,34H,4-5,7-8,12,15,18-22,40H2,(H,46,47)(H,41,43,45)/t25?,27-,28+,34?/m1/s1. The fourth-order valence-corrected chi connectivity index (χ4v) is 10.2. The SMILES string of the molecule is NC1C2CCC[C@H]1[C@@H](c1ccc(OCCCc3sc(N4CCc5cccc(C(=O)Nc6nc7ccccc7s6)c5C4)nc3C(=O)O)cc1)CC2. The summed E-state index contributed by atoms with van der Waals surface area (Å²) in [7, 11) is 0. The fourth-order valence-electron chi connectivity index (χ4n) is 8.27.